The summed E-state index contributed by atoms with van der Waals surface area (Å²) in [6, 6.07) is 0.496. The third-order valence-corrected chi connectivity index (χ3v) is 5.24. The molecule has 2 amide bonds. The highest BCUT2D eigenvalue weighted by molar-refractivity contribution is 5.96. The summed E-state index contributed by atoms with van der Waals surface area (Å²) < 4.78 is 1.64. The van der Waals surface area contributed by atoms with Gasteiger partial charge in [0.15, 0.2) is 5.78 Å². The Balaban J connectivity index is 1.62. The zero-order chi connectivity index (χ0) is 16.4. The third-order valence-electron chi connectivity index (χ3n) is 5.24. The minimum atomic E-state index is 0.0269. The van der Waals surface area contributed by atoms with Crippen molar-refractivity contribution in [2.45, 2.75) is 57.0 Å². The zero-order valence-electron chi connectivity index (χ0n) is 14.1. The lowest BCUT2D eigenvalue weighted by Gasteiger charge is -2.32. The van der Waals surface area contributed by atoms with E-state index >= 15 is 0 Å². The molecule has 1 atom stereocenters. The summed E-state index contributed by atoms with van der Waals surface area (Å²) in [5.74, 6) is 0.0753. The fourth-order valence-corrected chi connectivity index (χ4v) is 3.85. The SMILES string of the molecule is CN(C(=O)N1CCC[C@H]1CC(=O)c1cnn(C)c1)C1CCCC1. The molecule has 1 aliphatic carbocycles. The van der Waals surface area contributed by atoms with Gasteiger partial charge in [-0.3, -0.25) is 9.48 Å². The lowest BCUT2D eigenvalue weighted by atomic mass is 10.0. The van der Waals surface area contributed by atoms with Crippen LogP contribution in [0.25, 0.3) is 0 Å². The van der Waals surface area contributed by atoms with Gasteiger partial charge in [0.05, 0.1) is 11.8 Å². The highest BCUT2D eigenvalue weighted by Gasteiger charge is 2.34. The first-order chi connectivity index (χ1) is 11.1. The van der Waals surface area contributed by atoms with Crippen LogP contribution in [-0.2, 0) is 7.05 Å². The van der Waals surface area contributed by atoms with E-state index in [9.17, 15) is 9.59 Å². The topological polar surface area (TPSA) is 58.4 Å². The van der Waals surface area contributed by atoms with Crippen molar-refractivity contribution in [3.05, 3.63) is 18.0 Å². The molecule has 6 heteroatoms. The normalized spacial score (nSPS) is 21.8. The maximum atomic E-state index is 12.8. The van der Waals surface area contributed by atoms with E-state index in [1.807, 2.05) is 16.8 Å². The van der Waals surface area contributed by atoms with Crippen LogP contribution in [-0.4, -0.2) is 57.1 Å². The van der Waals surface area contributed by atoms with Crippen LogP contribution in [0.2, 0.25) is 0 Å². The first-order valence-electron chi connectivity index (χ1n) is 8.61. The van der Waals surface area contributed by atoms with E-state index in [0.29, 0.717) is 18.0 Å². The van der Waals surface area contributed by atoms with Gasteiger partial charge >= 0.3 is 6.03 Å². The van der Waals surface area contributed by atoms with Crippen molar-refractivity contribution in [3.8, 4) is 0 Å². The fourth-order valence-electron chi connectivity index (χ4n) is 3.85. The number of aryl methyl sites for hydroxylation is 1. The van der Waals surface area contributed by atoms with Crippen LogP contribution in [0.1, 0.15) is 55.3 Å². The average molecular weight is 318 g/mol. The Labute approximate surface area is 137 Å². The van der Waals surface area contributed by atoms with Gasteiger partial charge in [0, 0.05) is 45.3 Å². The smallest absolute Gasteiger partial charge is 0.320 e. The van der Waals surface area contributed by atoms with Crippen LogP contribution in [0.15, 0.2) is 12.4 Å². The van der Waals surface area contributed by atoms with Crippen molar-refractivity contribution < 1.29 is 9.59 Å². The standard InChI is InChI=1S/C17H26N4O2/c1-19-12-13(11-18-19)16(22)10-15-8-5-9-21(15)17(23)20(2)14-6-3-4-7-14/h11-12,14-15H,3-10H2,1-2H3/t15-/m0/s1. The quantitative estimate of drug-likeness (QED) is 0.801. The van der Waals surface area contributed by atoms with Gasteiger partial charge < -0.3 is 9.80 Å². The van der Waals surface area contributed by atoms with Gasteiger partial charge in [-0.2, -0.15) is 5.10 Å². The highest BCUT2D eigenvalue weighted by Crippen LogP contribution is 2.27. The van der Waals surface area contributed by atoms with Crippen LogP contribution in [0.5, 0.6) is 0 Å². The second-order valence-corrected chi connectivity index (χ2v) is 6.85. The van der Waals surface area contributed by atoms with Crippen molar-refractivity contribution in [1.82, 2.24) is 19.6 Å². The molecule has 2 heterocycles. The molecule has 2 aliphatic rings. The summed E-state index contributed by atoms with van der Waals surface area (Å²) in [7, 11) is 3.72. The van der Waals surface area contributed by atoms with Crippen LogP contribution in [0, 0.1) is 0 Å². The van der Waals surface area contributed by atoms with Gasteiger partial charge in [-0.15, -0.1) is 0 Å². The average Bonchev–Trinajstić information content (AvgIpc) is 3.26. The molecule has 0 spiro atoms. The maximum absolute atomic E-state index is 12.8. The number of hydrogen-bond acceptors (Lipinski definition) is 3. The van der Waals surface area contributed by atoms with E-state index in [1.54, 1.807) is 24.1 Å². The summed E-state index contributed by atoms with van der Waals surface area (Å²) in [5, 5.41) is 4.05. The third kappa shape index (κ3) is 3.41. The van der Waals surface area contributed by atoms with E-state index < -0.39 is 0 Å². The van der Waals surface area contributed by atoms with Crippen molar-refractivity contribution >= 4 is 11.8 Å². The van der Waals surface area contributed by atoms with Crippen molar-refractivity contribution in [3.63, 3.8) is 0 Å². The first kappa shape index (κ1) is 16.0. The molecule has 126 valence electrons. The Morgan fingerprint density at radius 1 is 1.26 bits per heavy atom. The number of aromatic nitrogens is 2. The Hall–Kier alpha value is -1.85. The van der Waals surface area contributed by atoms with E-state index in [4.69, 9.17) is 0 Å². The minimum Gasteiger partial charge on any atom is -0.325 e. The molecule has 1 aromatic rings. The summed E-state index contributed by atoms with van der Waals surface area (Å²) in [6.45, 7) is 0.765. The van der Waals surface area contributed by atoms with E-state index in [1.165, 1.54) is 12.8 Å². The molecule has 0 bridgehead atoms. The molecule has 0 aromatic carbocycles. The number of urea groups is 1. The van der Waals surface area contributed by atoms with Gasteiger partial charge in [-0.25, -0.2) is 4.79 Å². The number of carbonyl (C=O) groups is 2. The van der Waals surface area contributed by atoms with E-state index in [2.05, 4.69) is 5.10 Å². The second-order valence-electron chi connectivity index (χ2n) is 6.85. The summed E-state index contributed by atoms with van der Waals surface area (Å²) in [6.07, 6.45) is 10.3. The predicted octanol–water partition coefficient (Wildman–Crippen LogP) is 2.45. The van der Waals surface area contributed by atoms with Crippen LogP contribution in [0.3, 0.4) is 0 Å². The molecule has 1 saturated carbocycles. The van der Waals surface area contributed by atoms with Gasteiger partial charge in [-0.05, 0) is 25.7 Å². The molecular formula is C17H26N4O2. The van der Waals surface area contributed by atoms with E-state index in [0.717, 1.165) is 32.2 Å². The number of rotatable bonds is 4. The Morgan fingerprint density at radius 2 is 2.00 bits per heavy atom. The molecule has 0 unspecified atom stereocenters. The Kier molecular flexibility index (Phi) is 4.68. The molecule has 6 nitrogen and oxygen atoms in total. The lowest BCUT2D eigenvalue weighted by molar-refractivity contribution is 0.0937. The Bertz CT molecular complexity index is 577. The van der Waals surface area contributed by atoms with Crippen LogP contribution >= 0.6 is 0 Å². The Morgan fingerprint density at radius 3 is 2.65 bits per heavy atom. The molecule has 0 radical (unpaired) electrons. The van der Waals surface area contributed by atoms with Gasteiger partial charge in [0.25, 0.3) is 0 Å². The summed E-state index contributed by atoms with van der Waals surface area (Å²) >= 11 is 0. The number of Topliss-reactive ketones (excluding diaryl/α,β-unsaturated/α-hetero) is 1. The van der Waals surface area contributed by atoms with E-state index in [-0.39, 0.29) is 17.9 Å². The molecule has 23 heavy (non-hydrogen) atoms. The molecule has 1 aromatic heterocycles. The predicted molar refractivity (Wildman–Crippen MR) is 87.3 cm³/mol. The number of likely N-dealkylation sites (tertiary alicyclic amines) is 1. The highest BCUT2D eigenvalue weighted by atomic mass is 16.2. The second kappa shape index (κ2) is 6.72. The minimum absolute atomic E-state index is 0.0269. The molecule has 2 fully saturated rings. The molecular weight excluding hydrogens is 292 g/mol. The van der Waals surface area contributed by atoms with Crippen molar-refractivity contribution in [2.24, 2.45) is 7.05 Å². The maximum Gasteiger partial charge on any atom is 0.320 e. The molecule has 0 N–H and O–H groups in total. The molecule has 1 aliphatic heterocycles. The monoisotopic (exact) mass is 318 g/mol. The lowest BCUT2D eigenvalue weighted by Crippen LogP contribution is -2.47. The van der Waals surface area contributed by atoms with Gasteiger partial charge in [0.1, 0.15) is 0 Å². The van der Waals surface area contributed by atoms with Crippen LogP contribution in [0.4, 0.5) is 4.79 Å². The van der Waals surface area contributed by atoms with Crippen LogP contribution < -0.4 is 0 Å². The zero-order valence-corrected chi connectivity index (χ0v) is 14.1. The van der Waals surface area contributed by atoms with Gasteiger partial charge in [0.2, 0.25) is 0 Å². The van der Waals surface area contributed by atoms with Crippen molar-refractivity contribution in [1.29, 1.82) is 0 Å². The van der Waals surface area contributed by atoms with Gasteiger partial charge in [-0.1, -0.05) is 12.8 Å². The number of hydrogen-bond donors (Lipinski definition) is 0. The number of nitrogens with zero attached hydrogens (tertiary/aromatic N) is 4. The number of ketones is 1. The summed E-state index contributed by atoms with van der Waals surface area (Å²) in [5.41, 5.74) is 0.635. The number of amides is 2. The molecule has 3 rings (SSSR count). The summed E-state index contributed by atoms with van der Waals surface area (Å²) in [4.78, 5) is 29.0. The first-order valence-corrected chi connectivity index (χ1v) is 8.61. The number of carbonyl (C=O) groups excluding carboxylic acids is 2. The largest absolute Gasteiger partial charge is 0.325 e. The van der Waals surface area contributed by atoms with Crippen molar-refractivity contribution in [2.75, 3.05) is 13.6 Å². The fraction of sp³-hybridized carbons (Fsp3) is 0.706. The molecule has 1 saturated heterocycles.